The Morgan fingerprint density at radius 1 is 0.905 bits per heavy atom. The van der Waals surface area contributed by atoms with Gasteiger partial charge in [0, 0.05) is 56.3 Å². The summed E-state index contributed by atoms with van der Waals surface area (Å²) in [7, 11) is 2.51. The maximum absolute atomic E-state index is 13.4. The highest BCUT2D eigenvalue weighted by molar-refractivity contribution is 5.85. The smallest absolute Gasteiger partial charge is 0.331 e. The lowest BCUT2D eigenvalue weighted by Crippen LogP contribution is -2.62. The van der Waals surface area contributed by atoms with E-state index in [4.69, 9.17) is 37.9 Å². The molecule has 11 unspecified atom stereocenters. The van der Waals surface area contributed by atoms with E-state index < -0.39 is 101 Å². The predicted octanol–water partition coefficient (Wildman–Crippen LogP) is 6.38. The summed E-state index contributed by atoms with van der Waals surface area (Å²) in [5.41, 5.74) is -1.48. The Kier molecular flexibility index (Phi) is 18.9. The van der Waals surface area contributed by atoms with Crippen LogP contribution in [0.4, 0.5) is 0 Å². The molecule has 0 aromatic heterocycles. The molecule has 15 nitrogen and oxygen atoms in total. The van der Waals surface area contributed by atoms with Gasteiger partial charge in [0.05, 0.1) is 56.3 Å². The van der Waals surface area contributed by atoms with Crippen molar-refractivity contribution in [2.45, 2.75) is 186 Å². The number of unbranched alkanes of at least 4 members (excludes halogenated alkanes) is 1. The largest absolute Gasteiger partial charge is 0.466 e. The molecule has 0 aliphatic carbocycles. The van der Waals surface area contributed by atoms with Gasteiger partial charge in [0.15, 0.2) is 6.10 Å². The molecule has 4 heterocycles. The lowest BCUT2D eigenvalue weighted by Gasteiger charge is -2.51. The van der Waals surface area contributed by atoms with Gasteiger partial charge in [-0.2, -0.15) is 0 Å². The number of methoxy groups -OCH3 is 2. The minimum atomic E-state index is -2.31. The van der Waals surface area contributed by atoms with Crippen LogP contribution in [-0.4, -0.2) is 115 Å². The third-order valence-corrected chi connectivity index (χ3v) is 12.8. The van der Waals surface area contributed by atoms with Gasteiger partial charge in [-0.25, -0.2) is 14.4 Å². The summed E-state index contributed by atoms with van der Waals surface area (Å²) in [6, 6.07) is 0. The van der Waals surface area contributed by atoms with Gasteiger partial charge in [0.25, 0.3) is 0 Å². The van der Waals surface area contributed by atoms with Crippen molar-refractivity contribution < 1.29 is 72.1 Å². The number of esters is 5. The van der Waals surface area contributed by atoms with Crippen LogP contribution in [0.5, 0.6) is 0 Å². The van der Waals surface area contributed by atoms with Crippen molar-refractivity contribution in [2.24, 2.45) is 10.8 Å². The molecule has 2 N–H and O–H groups in total. The van der Waals surface area contributed by atoms with E-state index in [1.165, 1.54) is 45.4 Å². The molecule has 4 aliphatic rings. The summed E-state index contributed by atoms with van der Waals surface area (Å²) in [6.45, 7) is 12.1. The second-order valence-corrected chi connectivity index (χ2v) is 17.9. The molecule has 4 aliphatic heterocycles. The lowest BCUT2D eigenvalue weighted by atomic mass is 9.68. The van der Waals surface area contributed by atoms with Gasteiger partial charge in [-0.05, 0) is 57.4 Å². The number of fused-ring (bicyclic) bond motifs is 6. The second kappa shape index (κ2) is 23.2. The summed E-state index contributed by atoms with van der Waals surface area (Å²) < 4.78 is 47.9. The maximum Gasteiger partial charge on any atom is 0.331 e. The van der Waals surface area contributed by atoms with Crippen molar-refractivity contribution in [3.05, 3.63) is 59.8 Å². The number of rotatable bonds is 10. The molecule has 0 amide bonds. The van der Waals surface area contributed by atoms with Crippen LogP contribution in [0, 0.1) is 10.8 Å². The van der Waals surface area contributed by atoms with Crippen molar-refractivity contribution in [1.29, 1.82) is 0 Å². The molecule has 63 heavy (non-hydrogen) atoms. The average Bonchev–Trinajstić information content (AvgIpc) is 3.21. The molecule has 0 aromatic carbocycles. The highest BCUT2D eigenvalue weighted by Gasteiger charge is 2.58. The molecule has 3 saturated heterocycles. The van der Waals surface area contributed by atoms with Gasteiger partial charge in [-0.3, -0.25) is 9.59 Å². The number of aliphatic hydroxyl groups is 2. The van der Waals surface area contributed by atoms with Crippen LogP contribution in [-0.2, 0) is 61.9 Å². The predicted molar refractivity (Wildman–Crippen MR) is 230 cm³/mol. The minimum Gasteiger partial charge on any atom is -0.466 e. The van der Waals surface area contributed by atoms with Crippen LogP contribution in [0.3, 0.4) is 0 Å². The summed E-state index contributed by atoms with van der Waals surface area (Å²) >= 11 is 0. The van der Waals surface area contributed by atoms with Crippen molar-refractivity contribution >= 4 is 29.8 Å². The number of hydrogen-bond acceptors (Lipinski definition) is 15. The Bertz CT molecular complexity index is 1760. The number of cyclic esters (lactones) is 1. The van der Waals surface area contributed by atoms with Gasteiger partial charge in [-0.1, -0.05) is 77.0 Å². The van der Waals surface area contributed by atoms with Gasteiger partial charge in [0.2, 0.25) is 5.79 Å². The van der Waals surface area contributed by atoms with Crippen LogP contribution >= 0.6 is 0 Å². The van der Waals surface area contributed by atoms with Crippen LogP contribution < -0.4 is 0 Å². The van der Waals surface area contributed by atoms with E-state index in [9.17, 15) is 34.2 Å². The van der Waals surface area contributed by atoms with Gasteiger partial charge >= 0.3 is 29.8 Å². The molecule has 6 bridgehead atoms. The first-order valence-electron chi connectivity index (χ1n) is 22.3. The highest BCUT2D eigenvalue weighted by Crippen LogP contribution is 2.48. The third-order valence-electron chi connectivity index (χ3n) is 12.8. The molecule has 0 spiro atoms. The quantitative estimate of drug-likeness (QED) is 0.0805. The number of allylic oxidation sites excluding steroid dienone is 3. The molecule has 3 fully saturated rings. The van der Waals surface area contributed by atoms with Gasteiger partial charge in [0.1, 0.15) is 12.2 Å². The highest BCUT2D eigenvalue weighted by atomic mass is 16.7. The van der Waals surface area contributed by atoms with Crippen LogP contribution in [0.2, 0.25) is 0 Å². The number of aliphatic hydroxyl groups excluding tert-OH is 1. The Labute approximate surface area is 372 Å². The molecule has 11 atom stereocenters. The molecular weight excluding hydrogens is 817 g/mol. The van der Waals surface area contributed by atoms with Gasteiger partial charge in [-0.15, -0.1) is 0 Å². The molecule has 4 rings (SSSR count). The number of carbonyl (C=O) groups is 5. The van der Waals surface area contributed by atoms with Crippen molar-refractivity contribution in [3.63, 3.8) is 0 Å². The van der Waals surface area contributed by atoms with Crippen LogP contribution in [0.25, 0.3) is 0 Å². The van der Waals surface area contributed by atoms with E-state index in [1.807, 2.05) is 26.8 Å². The fourth-order valence-corrected chi connectivity index (χ4v) is 8.86. The average molecular weight is 887 g/mol. The van der Waals surface area contributed by atoms with Gasteiger partial charge < -0.3 is 48.1 Å². The summed E-state index contributed by atoms with van der Waals surface area (Å²) in [4.78, 5) is 64.8. The number of carbonyl (C=O) groups excluding carboxylic acids is 5. The normalized spacial score (nSPS) is 34.8. The zero-order valence-electron chi connectivity index (χ0n) is 38.5. The standard InChI is InChI=1S/C48H70O15/c1-10-12-13-14-15-18-42(52)62-45-33(26-44(54)57-9)25-38-27-34(11-2)61-41(51)19-16-17-35-28-39(58-31(4)50)47(7,30(3)49)40(60-35)29-37-23-32(24-43(53)56-8)22-36(59-37)20-21-46(5,6)48(45,55)63-38/h13-15,18,20-21,24,26,30,34-40,45,49,55H,10-12,16-17,19,22-23,25,27-29H2,1-9H3. The Hall–Kier alpha value is -4.15. The molecule has 0 saturated carbocycles. The van der Waals surface area contributed by atoms with E-state index >= 15 is 0 Å². The summed E-state index contributed by atoms with van der Waals surface area (Å²) in [5.74, 6) is -5.33. The van der Waals surface area contributed by atoms with E-state index in [-0.39, 0.29) is 37.7 Å². The zero-order valence-corrected chi connectivity index (χ0v) is 38.5. The SMILES string of the molecule is CCCC=CC=CC(=O)OC1C(=CC(=O)OC)CC2CC(CC)OC(=O)CCCC3CC(OC(C)=O)C(C)(C(C)O)C(CC4CC(=CC(=O)OC)CC(C=CC(C)(C)C1(O)O2)O4)O3. The third kappa shape index (κ3) is 13.7. The zero-order chi connectivity index (χ0) is 46.5. The first kappa shape index (κ1) is 51.5. The van der Waals surface area contributed by atoms with Crippen LogP contribution in [0.15, 0.2) is 59.8 Å². The fourth-order valence-electron chi connectivity index (χ4n) is 8.86. The van der Waals surface area contributed by atoms with Crippen LogP contribution in [0.1, 0.15) is 126 Å². The van der Waals surface area contributed by atoms with Crippen molar-refractivity contribution in [3.8, 4) is 0 Å². The maximum atomic E-state index is 13.4. The number of hydrogen-bond donors (Lipinski definition) is 2. The summed E-state index contributed by atoms with van der Waals surface area (Å²) in [5, 5.41) is 24.3. The molecular formula is C48H70O15. The fraction of sp³-hybridized carbons (Fsp3) is 0.688. The minimum absolute atomic E-state index is 0.0352. The van der Waals surface area contributed by atoms with Crippen molar-refractivity contribution in [1.82, 2.24) is 0 Å². The summed E-state index contributed by atoms with van der Waals surface area (Å²) in [6.07, 6.45) is 9.77. The van der Waals surface area contributed by atoms with E-state index in [0.29, 0.717) is 32.1 Å². The molecule has 352 valence electrons. The van der Waals surface area contributed by atoms with E-state index in [1.54, 1.807) is 39.0 Å². The molecule has 0 aromatic rings. The Morgan fingerprint density at radius 2 is 1.62 bits per heavy atom. The second-order valence-electron chi connectivity index (χ2n) is 17.9. The van der Waals surface area contributed by atoms with E-state index in [2.05, 4.69) is 0 Å². The van der Waals surface area contributed by atoms with Crippen molar-refractivity contribution in [2.75, 3.05) is 14.2 Å². The lowest BCUT2D eigenvalue weighted by molar-refractivity contribution is -0.326. The monoisotopic (exact) mass is 886 g/mol. The van der Waals surface area contributed by atoms with E-state index in [0.717, 1.165) is 18.4 Å². The molecule has 0 radical (unpaired) electrons. The first-order chi connectivity index (χ1) is 29.8. The Balaban J connectivity index is 1.85. The first-order valence-corrected chi connectivity index (χ1v) is 22.3. The molecule has 15 heteroatoms. The number of ether oxygens (including phenoxy) is 8. The topological polar surface area (TPSA) is 200 Å². The Morgan fingerprint density at radius 3 is 2.27 bits per heavy atom.